The molecule has 21 heavy (non-hydrogen) atoms. The molecule has 0 radical (unpaired) electrons. The van der Waals surface area contributed by atoms with E-state index in [1.54, 1.807) is 11.2 Å². The zero-order valence-corrected chi connectivity index (χ0v) is 13.9. The predicted molar refractivity (Wildman–Crippen MR) is 83.2 cm³/mol. The summed E-state index contributed by atoms with van der Waals surface area (Å²) in [4.78, 5) is 13.7. The van der Waals surface area contributed by atoms with E-state index in [0.717, 1.165) is 37.0 Å². The number of hydrogen-bond donors (Lipinski definition) is 1. The summed E-state index contributed by atoms with van der Waals surface area (Å²) >= 11 is 0.816. The number of aromatic amines is 1. The lowest BCUT2D eigenvalue weighted by molar-refractivity contribution is 0.274. The predicted octanol–water partition coefficient (Wildman–Crippen LogP) is 2.48. The number of aromatic nitrogens is 1. The van der Waals surface area contributed by atoms with Gasteiger partial charge in [-0.1, -0.05) is 30.6 Å². The molecule has 0 saturated heterocycles. The number of aryl methyl sites for hydroxylation is 1. The molecule has 3 rings (SSSR count). The molecular weight excluding hydrogens is 308 g/mol. The molecule has 1 aromatic heterocycles. The van der Waals surface area contributed by atoms with Crippen molar-refractivity contribution in [2.75, 3.05) is 6.54 Å². The van der Waals surface area contributed by atoms with Crippen LogP contribution in [0.2, 0.25) is 0 Å². The lowest BCUT2D eigenvalue weighted by Gasteiger charge is -2.29. The fraction of sp³-hybridized carbons (Fsp3) is 0.786. The molecular formula is C14H22N2O3S2. The lowest BCUT2D eigenvalue weighted by Crippen LogP contribution is -2.37. The zero-order valence-electron chi connectivity index (χ0n) is 12.3. The molecule has 5 nitrogen and oxygen atoms in total. The molecule has 0 aromatic carbocycles. The highest BCUT2D eigenvalue weighted by molar-refractivity contribution is 7.91. The van der Waals surface area contributed by atoms with Gasteiger partial charge in [0.05, 0.1) is 0 Å². The Morgan fingerprint density at radius 1 is 1.19 bits per heavy atom. The van der Waals surface area contributed by atoms with E-state index in [1.807, 2.05) is 0 Å². The average molecular weight is 330 g/mol. The van der Waals surface area contributed by atoms with E-state index in [-0.39, 0.29) is 15.1 Å². The van der Waals surface area contributed by atoms with Crippen molar-refractivity contribution in [2.45, 2.75) is 62.1 Å². The Kier molecular flexibility index (Phi) is 4.25. The van der Waals surface area contributed by atoms with Crippen LogP contribution < -0.4 is 4.87 Å². The fourth-order valence-corrected chi connectivity index (χ4v) is 6.35. The first kappa shape index (κ1) is 15.2. The number of nitrogens with zero attached hydrogens (tertiary/aromatic N) is 1. The summed E-state index contributed by atoms with van der Waals surface area (Å²) in [5.41, 5.74) is 0.472. The third-order valence-corrected chi connectivity index (χ3v) is 7.94. The van der Waals surface area contributed by atoms with Gasteiger partial charge in [-0.2, -0.15) is 4.31 Å². The summed E-state index contributed by atoms with van der Waals surface area (Å²) in [7, 11) is -3.53. The minimum atomic E-state index is -3.53. The van der Waals surface area contributed by atoms with Gasteiger partial charge in [-0.25, -0.2) is 8.42 Å². The monoisotopic (exact) mass is 330 g/mol. The topological polar surface area (TPSA) is 70.2 Å². The van der Waals surface area contributed by atoms with Gasteiger partial charge >= 0.3 is 4.87 Å². The summed E-state index contributed by atoms with van der Waals surface area (Å²) in [6.45, 7) is 2.29. The second-order valence-corrected chi connectivity index (χ2v) is 9.31. The maximum absolute atomic E-state index is 12.9. The average Bonchev–Trinajstić information content (AvgIpc) is 3.21. The Bertz CT molecular complexity index is 652. The van der Waals surface area contributed by atoms with Crippen molar-refractivity contribution in [1.82, 2.24) is 9.29 Å². The number of hydrogen-bond acceptors (Lipinski definition) is 4. The smallest absolute Gasteiger partial charge is 0.305 e. The van der Waals surface area contributed by atoms with E-state index in [1.165, 1.54) is 19.3 Å². The van der Waals surface area contributed by atoms with Crippen molar-refractivity contribution in [3.63, 3.8) is 0 Å². The van der Waals surface area contributed by atoms with Crippen LogP contribution in [-0.2, 0) is 10.0 Å². The second-order valence-electron chi connectivity index (χ2n) is 6.24. The van der Waals surface area contributed by atoms with Gasteiger partial charge in [0.15, 0.2) is 4.21 Å². The van der Waals surface area contributed by atoms with Crippen molar-refractivity contribution in [3.05, 3.63) is 15.4 Å². The molecule has 2 fully saturated rings. The van der Waals surface area contributed by atoms with Crippen molar-refractivity contribution in [1.29, 1.82) is 0 Å². The fourth-order valence-electron chi connectivity index (χ4n) is 3.17. The van der Waals surface area contributed by atoms with Gasteiger partial charge in [-0.05, 0) is 38.5 Å². The molecule has 2 aliphatic carbocycles. The number of nitrogens with one attached hydrogen (secondary N) is 1. The van der Waals surface area contributed by atoms with E-state index >= 15 is 0 Å². The molecule has 0 atom stereocenters. The van der Waals surface area contributed by atoms with Crippen LogP contribution >= 0.6 is 11.3 Å². The number of thiazole rings is 1. The van der Waals surface area contributed by atoms with E-state index in [9.17, 15) is 13.2 Å². The molecule has 1 heterocycles. The van der Waals surface area contributed by atoms with Crippen LogP contribution in [0.1, 0.15) is 50.6 Å². The zero-order chi connectivity index (χ0) is 15.0. The van der Waals surface area contributed by atoms with Crippen molar-refractivity contribution in [3.8, 4) is 0 Å². The molecule has 2 saturated carbocycles. The number of H-pyrrole nitrogens is 1. The van der Waals surface area contributed by atoms with Crippen molar-refractivity contribution in [2.24, 2.45) is 5.92 Å². The third-order valence-electron chi connectivity index (χ3n) is 4.44. The first-order valence-electron chi connectivity index (χ1n) is 7.70. The largest absolute Gasteiger partial charge is 0.315 e. The lowest BCUT2D eigenvalue weighted by atomic mass is 9.89. The first-order valence-corrected chi connectivity index (χ1v) is 9.95. The molecule has 7 heteroatoms. The Hall–Kier alpha value is -0.660. The van der Waals surface area contributed by atoms with Crippen LogP contribution in [0.4, 0.5) is 0 Å². The summed E-state index contributed by atoms with van der Waals surface area (Å²) in [5.74, 6) is 0.477. The van der Waals surface area contributed by atoms with Crippen LogP contribution in [0.3, 0.4) is 0 Å². The Labute approximate surface area is 129 Å². The van der Waals surface area contributed by atoms with Crippen LogP contribution in [0, 0.1) is 12.8 Å². The Morgan fingerprint density at radius 2 is 1.86 bits per heavy atom. The summed E-state index contributed by atoms with van der Waals surface area (Å²) in [6.07, 6.45) is 7.83. The van der Waals surface area contributed by atoms with Crippen LogP contribution in [0.15, 0.2) is 9.00 Å². The molecule has 0 spiro atoms. The number of sulfonamides is 1. The standard InChI is InChI=1S/C14H22N2O3S2/c1-10-13(20-14(17)15-10)21(18,19)16(12-7-8-12)9-11-5-3-2-4-6-11/h11-12H,2-9H2,1H3,(H,15,17). The summed E-state index contributed by atoms with van der Waals surface area (Å²) < 4.78 is 27.7. The molecule has 0 amide bonds. The van der Waals surface area contributed by atoms with Gasteiger partial charge < -0.3 is 4.98 Å². The number of rotatable bonds is 5. The van der Waals surface area contributed by atoms with Gasteiger partial charge in [0.2, 0.25) is 0 Å². The highest BCUT2D eigenvalue weighted by atomic mass is 32.2. The van der Waals surface area contributed by atoms with Gasteiger partial charge in [0.1, 0.15) is 0 Å². The minimum Gasteiger partial charge on any atom is -0.315 e. The Balaban J connectivity index is 1.85. The van der Waals surface area contributed by atoms with Crippen molar-refractivity contribution < 1.29 is 8.42 Å². The molecule has 1 N–H and O–H groups in total. The van der Waals surface area contributed by atoms with Crippen LogP contribution in [0.5, 0.6) is 0 Å². The maximum Gasteiger partial charge on any atom is 0.305 e. The van der Waals surface area contributed by atoms with Gasteiger partial charge in [-0.3, -0.25) is 4.79 Å². The molecule has 0 unspecified atom stereocenters. The van der Waals surface area contributed by atoms with E-state index < -0.39 is 10.0 Å². The molecule has 2 aliphatic rings. The molecule has 1 aromatic rings. The normalized spacial score (nSPS) is 21.0. The van der Waals surface area contributed by atoms with Crippen LogP contribution in [0.25, 0.3) is 0 Å². The van der Waals surface area contributed by atoms with Gasteiger partial charge in [-0.15, -0.1) is 0 Å². The first-order chi connectivity index (χ1) is 9.98. The van der Waals surface area contributed by atoms with Crippen molar-refractivity contribution >= 4 is 21.4 Å². The molecule has 118 valence electrons. The highest BCUT2D eigenvalue weighted by Gasteiger charge is 2.40. The molecule has 0 bridgehead atoms. The summed E-state index contributed by atoms with van der Waals surface area (Å²) in [5, 5.41) is 0. The third kappa shape index (κ3) is 3.24. The Morgan fingerprint density at radius 3 is 2.38 bits per heavy atom. The van der Waals surface area contributed by atoms with E-state index in [4.69, 9.17) is 0 Å². The second kappa shape index (κ2) is 5.85. The van der Waals surface area contributed by atoms with E-state index in [0.29, 0.717) is 18.2 Å². The van der Waals surface area contributed by atoms with E-state index in [2.05, 4.69) is 4.98 Å². The van der Waals surface area contributed by atoms with Gasteiger partial charge in [0, 0.05) is 18.3 Å². The quantitative estimate of drug-likeness (QED) is 0.901. The minimum absolute atomic E-state index is 0.147. The molecule has 0 aliphatic heterocycles. The summed E-state index contributed by atoms with van der Waals surface area (Å²) in [6, 6.07) is 0.147. The highest BCUT2D eigenvalue weighted by Crippen LogP contribution is 2.36. The van der Waals surface area contributed by atoms with Crippen LogP contribution in [-0.4, -0.2) is 30.3 Å². The maximum atomic E-state index is 12.9. The SMILES string of the molecule is Cc1[nH]c(=O)sc1S(=O)(=O)N(CC1CCCCC1)C1CC1. The van der Waals surface area contributed by atoms with Gasteiger partial charge in [0.25, 0.3) is 10.0 Å².